The minimum absolute atomic E-state index is 0.135. The second-order valence-corrected chi connectivity index (χ2v) is 9.96. The zero-order chi connectivity index (χ0) is 22.7. The molecule has 2 rings (SSSR count). The maximum atomic E-state index is 12.3. The fraction of sp³-hybridized carbons (Fsp3) is 0.400. The van der Waals surface area contributed by atoms with Crippen molar-refractivity contribution in [1.29, 1.82) is 0 Å². The highest BCUT2D eigenvalue weighted by molar-refractivity contribution is 7.66. The summed E-state index contributed by atoms with van der Waals surface area (Å²) in [4.78, 5) is 60.4. The molecular formula is C10H17N6O11P3. The van der Waals surface area contributed by atoms with Crippen LogP contribution in [0.25, 0.3) is 11.2 Å². The Morgan fingerprint density at radius 2 is 1.80 bits per heavy atom. The number of likely N-dealkylation sites (N-methyl/N-ethyl adjacent to an activating group) is 1. The van der Waals surface area contributed by atoms with E-state index in [1.807, 2.05) is 0 Å². The first-order chi connectivity index (χ1) is 13.7. The molecule has 0 aromatic carbocycles. The molecule has 30 heavy (non-hydrogen) atoms. The van der Waals surface area contributed by atoms with Crippen LogP contribution in [0, 0.1) is 0 Å². The Kier molecular flexibility index (Phi) is 7.48. The number of fused-ring (bicyclic) bond motifs is 1. The number of nitrogens with two attached hydrogens (primary N) is 1. The van der Waals surface area contributed by atoms with Gasteiger partial charge in [-0.25, -0.2) is 28.6 Å². The third-order valence-corrected chi connectivity index (χ3v) is 7.09. The Bertz CT molecular complexity index is 1070. The van der Waals surface area contributed by atoms with Gasteiger partial charge in [0.15, 0.2) is 11.5 Å². The van der Waals surface area contributed by atoms with Crippen LogP contribution in [0.15, 0.2) is 12.7 Å². The smallest absolute Gasteiger partial charge is 0.382 e. The monoisotopic (exact) mass is 490 g/mol. The lowest BCUT2D eigenvalue weighted by Crippen LogP contribution is -2.32. The molecular weight excluding hydrogens is 473 g/mol. The number of amides is 1. The number of phosphoric ester groups is 1. The zero-order valence-corrected chi connectivity index (χ0v) is 17.8. The van der Waals surface area contributed by atoms with Gasteiger partial charge in [-0.15, -0.1) is 0 Å². The van der Waals surface area contributed by atoms with Gasteiger partial charge >= 0.3 is 23.5 Å². The normalized spacial score (nSPS) is 16.2. The van der Waals surface area contributed by atoms with Gasteiger partial charge < -0.3 is 34.8 Å². The molecule has 0 fully saturated rings. The zero-order valence-electron chi connectivity index (χ0n) is 15.1. The maximum absolute atomic E-state index is 12.3. The molecule has 0 saturated carbocycles. The summed E-state index contributed by atoms with van der Waals surface area (Å²) >= 11 is 0. The van der Waals surface area contributed by atoms with Crippen LogP contribution in [-0.4, -0.2) is 70.1 Å². The molecule has 0 aliphatic carbocycles. The van der Waals surface area contributed by atoms with E-state index < -0.39 is 36.0 Å². The maximum Gasteiger partial charge on any atom is 0.490 e. The number of carbonyl (C=O) groups excluding carboxylic acids is 1. The van der Waals surface area contributed by atoms with Gasteiger partial charge in [-0.3, -0.25) is 9.32 Å². The van der Waals surface area contributed by atoms with Crippen LogP contribution in [0.1, 0.15) is 0 Å². The van der Waals surface area contributed by atoms with Gasteiger partial charge in [0.1, 0.15) is 18.4 Å². The summed E-state index contributed by atoms with van der Waals surface area (Å²) in [6.07, 6.45) is 2.53. The number of hydrogen-bond acceptors (Lipinski definition) is 11. The van der Waals surface area contributed by atoms with E-state index >= 15 is 0 Å². The summed E-state index contributed by atoms with van der Waals surface area (Å²) in [5.74, 6) is -0.350. The van der Waals surface area contributed by atoms with Crippen LogP contribution in [0.2, 0.25) is 0 Å². The van der Waals surface area contributed by atoms with Gasteiger partial charge in [-0.05, 0) is 0 Å². The van der Waals surface area contributed by atoms with Crippen LogP contribution in [-0.2, 0) is 38.2 Å². The van der Waals surface area contributed by atoms with Gasteiger partial charge in [0.25, 0.3) is 0 Å². The molecule has 2 atom stereocenters. The molecule has 0 spiro atoms. The van der Waals surface area contributed by atoms with E-state index in [-0.39, 0.29) is 18.9 Å². The Morgan fingerprint density at radius 1 is 1.13 bits per heavy atom. The lowest BCUT2D eigenvalue weighted by atomic mass is 10.4. The summed E-state index contributed by atoms with van der Waals surface area (Å²) in [5.41, 5.74) is 6.28. The predicted molar refractivity (Wildman–Crippen MR) is 97.2 cm³/mol. The van der Waals surface area contributed by atoms with E-state index in [0.717, 1.165) is 4.90 Å². The quantitative estimate of drug-likeness (QED) is 0.256. The third kappa shape index (κ3) is 7.18. The first-order valence-corrected chi connectivity index (χ1v) is 12.1. The molecule has 17 nitrogen and oxygen atoms in total. The molecule has 168 valence electrons. The Hall–Kier alpha value is -1.77. The van der Waals surface area contributed by atoms with Crippen molar-refractivity contribution < 1.29 is 51.2 Å². The summed E-state index contributed by atoms with van der Waals surface area (Å²) in [5, 5.41) is 0. The number of rotatable bonds is 10. The largest absolute Gasteiger partial charge is 0.490 e. The van der Waals surface area contributed by atoms with E-state index in [1.165, 1.54) is 24.3 Å². The van der Waals surface area contributed by atoms with Crippen molar-refractivity contribution in [2.24, 2.45) is 0 Å². The van der Waals surface area contributed by atoms with Crippen molar-refractivity contribution in [2.75, 3.05) is 25.9 Å². The molecule has 0 aliphatic rings. The van der Waals surface area contributed by atoms with E-state index in [2.05, 4.69) is 28.1 Å². The fourth-order valence-corrected chi connectivity index (χ4v) is 5.01. The second kappa shape index (κ2) is 9.16. The molecule has 0 saturated heterocycles. The number of nitrogen functional groups attached to an aromatic ring is 1. The number of aromatic nitrogens is 4. The number of phosphoric acid groups is 3. The lowest BCUT2D eigenvalue weighted by molar-refractivity contribution is -0.130. The van der Waals surface area contributed by atoms with E-state index in [1.54, 1.807) is 0 Å². The molecule has 6 N–H and O–H groups in total. The van der Waals surface area contributed by atoms with E-state index in [4.69, 9.17) is 20.4 Å². The fourth-order valence-electron chi connectivity index (χ4n) is 2.00. The summed E-state index contributed by atoms with van der Waals surface area (Å²) in [6, 6.07) is 0. The van der Waals surface area contributed by atoms with Crippen molar-refractivity contribution >= 4 is 46.4 Å². The Labute approximate surface area is 167 Å². The molecule has 2 unspecified atom stereocenters. The number of anilines is 1. The van der Waals surface area contributed by atoms with E-state index in [9.17, 15) is 23.4 Å². The number of carbonyl (C=O) groups is 1. The molecule has 2 aromatic heterocycles. The first kappa shape index (κ1) is 24.5. The molecule has 1 amide bonds. The predicted octanol–water partition coefficient (Wildman–Crippen LogP) is -0.790. The molecule has 2 heterocycles. The number of imidazole rings is 1. The standard InChI is InChI=1S/C10H17N6O11P3/c1-15(2-3-25-29(21,22)27-30(23,24)26-28(18,19)20)7(17)4-16-6-14-8-9(11)12-5-13-10(8)16/h5-6H,2-4H2,1H3,(H,21,22)(H,23,24)(H2,11,12,13)(H2,18,19,20). The Morgan fingerprint density at radius 3 is 2.43 bits per heavy atom. The molecule has 0 bridgehead atoms. The number of hydrogen-bond donors (Lipinski definition) is 5. The first-order valence-electron chi connectivity index (χ1n) is 7.63. The second-order valence-electron chi connectivity index (χ2n) is 5.54. The summed E-state index contributed by atoms with van der Waals surface area (Å²) in [6.45, 7) is -1.10. The summed E-state index contributed by atoms with van der Waals surface area (Å²) in [7, 11) is -15.0. The minimum atomic E-state index is -5.60. The average Bonchev–Trinajstić information content (AvgIpc) is 2.95. The van der Waals surface area contributed by atoms with Crippen LogP contribution in [0.5, 0.6) is 0 Å². The van der Waals surface area contributed by atoms with Crippen molar-refractivity contribution in [2.45, 2.75) is 6.54 Å². The van der Waals surface area contributed by atoms with Crippen LogP contribution < -0.4 is 5.73 Å². The SMILES string of the molecule is CN(CCOP(=O)(O)OP(=O)(O)OP(=O)(O)O)C(=O)Cn1cnc2c(N)ncnc21. The van der Waals surface area contributed by atoms with Crippen LogP contribution >= 0.6 is 23.5 Å². The molecule has 2 aromatic rings. The van der Waals surface area contributed by atoms with Gasteiger partial charge in [0.05, 0.1) is 12.9 Å². The molecule has 0 aliphatic heterocycles. The van der Waals surface area contributed by atoms with E-state index in [0.29, 0.717) is 11.2 Å². The van der Waals surface area contributed by atoms with Crippen molar-refractivity contribution in [3.05, 3.63) is 12.7 Å². The van der Waals surface area contributed by atoms with Gasteiger partial charge in [-0.2, -0.15) is 8.62 Å². The highest BCUT2D eigenvalue weighted by Crippen LogP contribution is 2.66. The molecule has 20 heteroatoms. The van der Waals surface area contributed by atoms with Gasteiger partial charge in [0.2, 0.25) is 5.91 Å². The highest BCUT2D eigenvalue weighted by Gasteiger charge is 2.40. The Balaban J connectivity index is 1.88. The van der Waals surface area contributed by atoms with Gasteiger partial charge in [-0.1, -0.05) is 0 Å². The van der Waals surface area contributed by atoms with Crippen molar-refractivity contribution in [3.63, 3.8) is 0 Å². The van der Waals surface area contributed by atoms with Crippen LogP contribution in [0.4, 0.5) is 5.82 Å². The lowest BCUT2D eigenvalue weighted by Gasteiger charge is -2.19. The average molecular weight is 490 g/mol. The van der Waals surface area contributed by atoms with Crippen LogP contribution in [0.3, 0.4) is 0 Å². The van der Waals surface area contributed by atoms with Gasteiger partial charge in [0, 0.05) is 13.6 Å². The highest BCUT2D eigenvalue weighted by atomic mass is 31.3. The third-order valence-electron chi connectivity index (χ3n) is 3.26. The van der Waals surface area contributed by atoms with Crippen molar-refractivity contribution in [1.82, 2.24) is 24.4 Å². The molecule has 0 radical (unpaired) electrons. The topological polar surface area (TPSA) is 250 Å². The van der Waals surface area contributed by atoms with Crippen molar-refractivity contribution in [3.8, 4) is 0 Å². The number of nitrogens with zero attached hydrogens (tertiary/aromatic N) is 5. The summed E-state index contributed by atoms with van der Waals surface area (Å²) < 4.78 is 46.3. The minimum Gasteiger partial charge on any atom is -0.382 e.